The second kappa shape index (κ2) is 6.32. The van der Waals surface area contributed by atoms with Gasteiger partial charge in [0.15, 0.2) is 0 Å². The minimum absolute atomic E-state index is 0.196. The van der Waals surface area contributed by atoms with Crippen LogP contribution < -0.4 is 9.80 Å². The molecule has 0 spiro atoms. The molecule has 2 aliphatic heterocycles. The molecule has 0 aromatic heterocycles. The highest BCUT2D eigenvalue weighted by molar-refractivity contribution is 5.99. The molecule has 4 unspecified atom stereocenters. The highest BCUT2D eigenvalue weighted by Gasteiger charge is 2.62. The highest BCUT2D eigenvalue weighted by Crippen LogP contribution is 2.47. The summed E-state index contributed by atoms with van der Waals surface area (Å²) in [5.41, 5.74) is 1.77. The van der Waals surface area contributed by atoms with Gasteiger partial charge in [0.25, 0.3) is 11.8 Å². The van der Waals surface area contributed by atoms with E-state index in [4.69, 9.17) is 14.4 Å². The predicted octanol–water partition coefficient (Wildman–Crippen LogP) is 2.84. The first kappa shape index (κ1) is 17.2. The zero-order valence-corrected chi connectivity index (χ0v) is 15.6. The number of carbonyl (C=O) groups excluding carboxylic acids is 2. The number of hydroxylamine groups is 3. The molecule has 4 bridgehead atoms. The molecular weight excluding hydrogens is 360 g/mol. The lowest BCUT2D eigenvalue weighted by atomic mass is 9.89. The van der Waals surface area contributed by atoms with Crippen molar-refractivity contribution < 1.29 is 24.0 Å². The second-order valence-electron chi connectivity index (χ2n) is 7.45. The van der Waals surface area contributed by atoms with E-state index in [1.807, 2.05) is 31.2 Å². The Bertz CT molecular complexity index is 927. The molecule has 2 aromatic carbocycles. The Morgan fingerprint density at radius 2 is 1.43 bits per heavy atom. The van der Waals surface area contributed by atoms with E-state index >= 15 is 0 Å². The van der Waals surface area contributed by atoms with Crippen molar-refractivity contribution in [1.82, 2.24) is 5.06 Å². The molecule has 5 rings (SSSR count). The van der Waals surface area contributed by atoms with Crippen LogP contribution in [0.25, 0.3) is 0 Å². The SMILES string of the molecule is Cc1ccc(Oc2ccc(N3OC4CC5ON(C)C(=O)C4C5C3=O)cc2)cc1. The number of rotatable bonds is 3. The number of hydrogen-bond acceptors (Lipinski definition) is 5. The average Bonchev–Trinajstić information content (AvgIpc) is 2.90. The van der Waals surface area contributed by atoms with Crippen LogP contribution in [-0.4, -0.2) is 36.1 Å². The first-order valence-electron chi connectivity index (χ1n) is 9.31. The Morgan fingerprint density at radius 1 is 0.857 bits per heavy atom. The Balaban J connectivity index is 1.34. The third kappa shape index (κ3) is 2.66. The van der Waals surface area contributed by atoms with Crippen LogP contribution in [0.5, 0.6) is 11.5 Å². The van der Waals surface area contributed by atoms with Crippen molar-refractivity contribution in [1.29, 1.82) is 0 Å². The third-order valence-electron chi connectivity index (χ3n) is 5.60. The Hall–Kier alpha value is -2.90. The van der Waals surface area contributed by atoms with E-state index in [2.05, 4.69) is 0 Å². The van der Waals surface area contributed by atoms with Crippen molar-refractivity contribution in [2.75, 3.05) is 12.1 Å². The molecule has 2 heterocycles. The maximum absolute atomic E-state index is 13.0. The molecule has 7 nitrogen and oxygen atoms in total. The maximum atomic E-state index is 13.0. The van der Waals surface area contributed by atoms with Crippen LogP contribution in [-0.2, 0) is 19.3 Å². The van der Waals surface area contributed by atoms with Crippen molar-refractivity contribution >= 4 is 17.5 Å². The fourth-order valence-corrected chi connectivity index (χ4v) is 4.19. The Kier molecular flexibility index (Phi) is 3.89. The number of nitrogens with zero attached hydrogens (tertiary/aromatic N) is 2. The Labute approximate surface area is 162 Å². The summed E-state index contributed by atoms with van der Waals surface area (Å²) < 4.78 is 5.83. The molecule has 2 amide bonds. The van der Waals surface area contributed by atoms with E-state index in [1.165, 1.54) is 10.1 Å². The van der Waals surface area contributed by atoms with Gasteiger partial charge in [-0.05, 0) is 43.3 Å². The van der Waals surface area contributed by atoms with E-state index in [0.717, 1.165) is 11.3 Å². The number of anilines is 1. The molecule has 4 atom stereocenters. The summed E-state index contributed by atoms with van der Waals surface area (Å²) in [5, 5.41) is 2.53. The van der Waals surface area contributed by atoms with Crippen LogP contribution in [0.2, 0.25) is 0 Å². The van der Waals surface area contributed by atoms with Gasteiger partial charge in [0.1, 0.15) is 23.7 Å². The third-order valence-corrected chi connectivity index (χ3v) is 5.60. The lowest BCUT2D eigenvalue weighted by Crippen LogP contribution is -2.57. The standard InChI is InChI=1S/C21H20N2O5/c1-12-3-7-14(8-4-12)26-15-9-5-13(6-10-15)23-21(25)19-16-11-17(28-23)18(19)20(24)22(2)27-16/h3-10,16-19H,11H2,1-2H3. The average molecular weight is 380 g/mol. The normalized spacial score (nSPS) is 28.6. The summed E-state index contributed by atoms with van der Waals surface area (Å²) in [6.07, 6.45) is -0.143. The molecule has 0 N–H and O–H groups in total. The molecule has 28 heavy (non-hydrogen) atoms. The van der Waals surface area contributed by atoms with Gasteiger partial charge in [-0.2, -0.15) is 5.06 Å². The first-order valence-corrected chi connectivity index (χ1v) is 9.31. The van der Waals surface area contributed by atoms with E-state index in [0.29, 0.717) is 17.9 Å². The number of hydrogen-bond donors (Lipinski definition) is 0. The predicted molar refractivity (Wildman–Crippen MR) is 99.3 cm³/mol. The number of carbonyl (C=O) groups is 2. The van der Waals surface area contributed by atoms with Gasteiger partial charge in [-0.3, -0.25) is 19.3 Å². The van der Waals surface area contributed by atoms with Crippen LogP contribution in [0.15, 0.2) is 48.5 Å². The van der Waals surface area contributed by atoms with Gasteiger partial charge in [0.05, 0.1) is 17.5 Å². The lowest BCUT2D eigenvalue weighted by Gasteiger charge is -2.40. The fourth-order valence-electron chi connectivity index (χ4n) is 4.19. The number of aryl methyl sites for hydroxylation is 1. The molecule has 1 saturated carbocycles. The van der Waals surface area contributed by atoms with Gasteiger partial charge in [0, 0.05) is 13.5 Å². The zero-order chi connectivity index (χ0) is 19.4. The van der Waals surface area contributed by atoms with E-state index in [1.54, 1.807) is 31.3 Å². The van der Waals surface area contributed by atoms with E-state index in [9.17, 15) is 9.59 Å². The summed E-state index contributed by atoms with van der Waals surface area (Å²) in [7, 11) is 1.58. The topological polar surface area (TPSA) is 68.3 Å². The van der Waals surface area contributed by atoms with Gasteiger partial charge in [-0.25, -0.2) is 5.06 Å². The lowest BCUT2D eigenvalue weighted by molar-refractivity contribution is -0.226. The minimum atomic E-state index is -0.495. The van der Waals surface area contributed by atoms with Gasteiger partial charge in [-0.1, -0.05) is 17.7 Å². The van der Waals surface area contributed by atoms with Crippen LogP contribution in [0.1, 0.15) is 12.0 Å². The molecule has 144 valence electrons. The summed E-state index contributed by atoms with van der Waals surface area (Å²) in [5.74, 6) is 0.0184. The summed E-state index contributed by atoms with van der Waals surface area (Å²) in [6.45, 7) is 2.02. The molecule has 0 radical (unpaired) electrons. The van der Waals surface area contributed by atoms with Crippen molar-refractivity contribution in [2.24, 2.45) is 11.8 Å². The van der Waals surface area contributed by atoms with Crippen molar-refractivity contribution in [3.63, 3.8) is 0 Å². The molecule has 7 heteroatoms. The van der Waals surface area contributed by atoms with Crippen molar-refractivity contribution in [3.05, 3.63) is 54.1 Å². The molecule has 2 saturated heterocycles. The summed E-state index contributed by atoms with van der Waals surface area (Å²) in [6, 6.07) is 14.9. The molecule has 3 aliphatic rings. The van der Waals surface area contributed by atoms with Crippen molar-refractivity contribution in [3.8, 4) is 11.5 Å². The van der Waals surface area contributed by atoms with Gasteiger partial charge >= 0.3 is 0 Å². The molecule has 1 aliphatic carbocycles. The number of benzene rings is 2. The van der Waals surface area contributed by atoms with Crippen LogP contribution >= 0.6 is 0 Å². The second-order valence-corrected chi connectivity index (χ2v) is 7.45. The highest BCUT2D eigenvalue weighted by atomic mass is 16.7. The smallest absolute Gasteiger partial charge is 0.257 e. The minimum Gasteiger partial charge on any atom is -0.457 e. The van der Waals surface area contributed by atoms with E-state index < -0.39 is 11.8 Å². The van der Waals surface area contributed by atoms with E-state index in [-0.39, 0.29) is 24.0 Å². The molecule has 2 aromatic rings. The number of ether oxygens (including phenoxy) is 1. The summed E-state index contributed by atoms with van der Waals surface area (Å²) in [4.78, 5) is 36.8. The monoisotopic (exact) mass is 380 g/mol. The Morgan fingerprint density at radius 3 is 2.11 bits per heavy atom. The largest absolute Gasteiger partial charge is 0.457 e. The van der Waals surface area contributed by atoms with Gasteiger partial charge < -0.3 is 4.74 Å². The van der Waals surface area contributed by atoms with Crippen LogP contribution in [0.4, 0.5) is 5.69 Å². The zero-order valence-electron chi connectivity index (χ0n) is 15.6. The van der Waals surface area contributed by atoms with Crippen LogP contribution in [0, 0.1) is 18.8 Å². The van der Waals surface area contributed by atoms with Crippen LogP contribution in [0.3, 0.4) is 0 Å². The maximum Gasteiger partial charge on any atom is 0.257 e. The number of amides is 2. The fraction of sp³-hybridized carbons (Fsp3) is 0.333. The molecular formula is C21H20N2O5. The van der Waals surface area contributed by atoms with Gasteiger partial charge in [0.2, 0.25) is 0 Å². The summed E-state index contributed by atoms with van der Waals surface area (Å²) >= 11 is 0. The van der Waals surface area contributed by atoms with Crippen molar-refractivity contribution in [2.45, 2.75) is 25.6 Å². The van der Waals surface area contributed by atoms with Gasteiger partial charge in [-0.15, -0.1) is 0 Å². The quantitative estimate of drug-likeness (QED) is 0.819. The molecule has 3 fully saturated rings. The first-order chi connectivity index (χ1) is 13.5.